The standard InChI is InChI=1S/C19H22N4S2/c1-13-4-6-15(7-5-13)18-20-23(19(24)21(18)3)12-22-10-8-17-16(14(22)2)9-11-25-17/h4-7,9,11,14H,8,10,12H2,1-3H3/t14-/m1/s1. The Morgan fingerprint density at radius 3 is 2.76 bits per heavy atom. The van der Waals surface area contributed by atoms with Crippen molar-refractivity contribution in [3.63, 3.8) is 0 Å². The van der Waals surface area contributed by atoms with Crippen molar-refractivity contribution in [3.8, 4) is 11.4 Å². The molecule has 4 nitrogen and oxygen atoms in total. The van der Waals surface area contributed by atoms with Crippen LogP contribution < -0.4 is 0 Å². The summed E-state index contributed by atoms with van der Waals surface area (Å²) in [4.78, 5) is 3.98. The number of thiophene rings is 1. The van der Waals surface area contributed by atoms with Gasteiger partial charge in [-0.1, -0.05) is 29.8 Å². The first-order valence-corrected chi connectivity index (χ1v) is 9.84. The number of hydrogen-bond acceptors (Lipinski definition) is 4. The van der Waals surface area contributed by atoms with Gasteiger partial charge in [0.2, 0.25) is 0 Å². The van der Waals surface area contributed by atoms with Crippen LogP contribution in [0.4, 0.5) is 0 Å². The van der Waals surface area contributed by atoms with Crippen molar-refractivity contribution >= 4 is 23.6 Å². The molecule has 6 heteroatoms. The molecule has 0 amide bonds. The number of rotatable bonds is 3. The zero-order valence-corrected chi connectivity index (χ0v) is 16.4. The molecule has 1 atom stereocenters. The molecular weight excluding hydrogens is 348 g/mol. The van der Waals surface area contributed by atoms with E-state index >= 15 is 0 Å². The lowest BCUT2D eigenvalue weighted by atomic mass is 10.0. The zero-order chi connectivity index (χ0) is 17.6. The smallest absolute Gasteiger partial charge is 0.199 e. The summed E-state index contributed by atoms with van der Waals surface area (Å²) in [5, 5.41) is 7.02. The van der Waals surface area contributed by atoms with E-state index in [0.717, 1.165) is 35.8 Å². The summed E-state index contributed by atoms with van der Waals surface area (Å²) in [6.07, 6.45) is 1.11. The van der Waals surface area contributed by atoms with E-state index in [2.05, 4.69) is 54.5 Å². The summed E-state index contributed by atoms with van der Waals surface area (Å²) in [5.74, 6) is 0.922. The van der Waals surface area contributed by atoms with Crippen molar-refractivity contribution in [2.75, 3.05) is 6.54 Å². The lowest BCUT2D eigenvalue weighted by molar-refractivity contribution is 0.144. The molecule has 130 valence electrons. The van der Waals surface area contributed by atoms with Gasteiger partial charge in [0.05, 0.1) is 6.67 Å². The Hall–Kier alpha value is -1.76. The van der Waals surface area contributed by atoms with Crippen LogP contribution in [0.15, 0.2) is 35.7 Å². The number of aryl methyl sites for hydroxylation is 1. The molecule has 0 N–H and O–H groups in total. The molecule has 0 fully saturated rings. The molecule has 0 saturated heterocycles. The summed E-state index contributed by atoms with van der Waals surface area (Å²) in [5.41, 5.74) is 3.81. The monoisotopic (exact) mass is 370 g/mol. The van der Waals surface area contributed by atoms with E-state index in [1.54, 1.807) is 0 Å². The normalized spacial score (nSPS) is 17.6. The van der Waals surface area contributed by atoms with Crippen molar-refractivity contribution < 1.29 is 0 Å². The van der Waals surface area contributed by atoms with Gasteiger partial charge in [-0.2, -0.15) is 5.10 Å². The fourth-order valence-electron chi connectivity index (χ4n) is 3.46. The molecule has 0 unspecified atom stereocenters. The highest BCUT2D eigenvalue weighted by Gasteiger charge is 2.25. The summed E-state index contributed by atoms with van der Waals surface area (Å²) in [6, 6.07) is 11.1. The van der Waals surface area contributed by atoms with Crippen LogP contribution in [-0.4, -0.2) is 25.8 Å². The maximum atomic E-state index is 5.65. The lowest BCUT2D eigenvalue weighted by Gasteiger charge is -2.33. The fourth-order valence-corrected chi connectivity index (χ4v) is 4.61. The molecular formula is C19H22N4S2. The Balaban J connectivity index is 1.63. The molecule has 1 aliphatic rings. The predicted octanol–water partition coefficient (Wildman–Crippen LogP) is 4.56. The maximum Gasteiger partial charge on any atom is 0.199 e. The molecule has 0 spiro atoms. The highest BCUT2D eigenvalue weighted by atomic mass is 32.1. The van der Waals surface area contributed by atoms with Crippen LogP contribution in [-0.2, 0) is 20.1 Å². The van der Waals surface area contributed by atoms with E-state index in [1.807, 2.05) is 27.6 Å². The van der Waals surface area contributed by atoms with E-state index < -0.39 is 0 Å². The topological polar surface area (TPSA) is 26.0 Å². The first-order chi connectivity index (χ1) is 12.0. The Bertz CT molecular complexity index is 949. The third kappa shape index (κ3) is 2.99. The second-order valence-electron chi connectivity index (χ2n) is 6.71. The van der Waals surface area contributed by atoms with Crippen molar-refractivity contribution in [1.82, 2.24) is 19.2 Å². The van der Waals surface area contributed by atoms with E-state index in [-0.39, 0.29) is 0 Å². The van der Waals surface area contributed by atoms with Crippen LogP contribution in [0.25, 0.3) is 11.4 Å². The first kappa shape index (κ1) is 16.7. The first-order valence-electron chi connectivity index (χ1n) is 8.56. The molecule has 3 heterocycles. The Morgan fingerprint density at radius 2 is 2.00 bits per heavy atom. The van der Waals surface area contributed by atoms with E-state index in [1.165, 1.54) is 16.0 Å². The largest absolute Gasteiger partial charge is 0.303 e. The molecule has 0 bridgehead atoms. The highest BCUT2D eigenvalue weighted by Crippen LogP contribution is 2.33. The average molecular weight is 371 g/mol. The average Bonchev–Trinajstić information content (AvgIpc) is 3.19. The SMILES string of the molecule is Cc1ccc(-c2nn(CN3CCc4sccc4[C@H]3C)c(=S)n2C)cc1. The predicted molar refractivity (Wildman–Crippen MR) is 105 cm³/mol. The van der Waals surface area contributed by atoms with Crippen LogP contribution in [0.2, 0.25) is 0 Å². The van der Waals surface area contributed by atoms with Gasteiger partial charge in [0.15, 0.2) is 10.6 Å². The number of hydrogen-bond donors (Lipinski definition) is 0. The number of aromatic nitrogens is 3. The van der Waals surface area contributed by atoms with Gasteiger partial charge in [0.25, 0.3) is 0 Å². The third-order valence-corrected chi connectivity index (χ3v) is 6.55. The van der Waals surface area contributed by atoms with E-state index in [9.17, 15) is 0 Å². The van der Waals surface area contributed by atoms with Gasteiger partial charge in [0.1, 0.15) is 0 Å². The molecule has 4 rings (SSSR count). The molecule has 1 aliphatic heterocycles. The van der Waals surface area contributed by atoms with Crippen LogP contribution in [0, 0.1) is 11.7 Å². The molecule has 1 aromatic carbocycles. The van der Waals surface area contributed by atoms with E-state index in [0.29, 0.717) is 6.04 Å². The third-order valence-electron chi connectivity index (χ3n) is 5.07. The fraction of sp³-hybridized carbons (Fsp3) is 0.368. The van der Waals surface area contributed by atoms with Gasteiger partial charge >= 0.3 is 0 Å². The van der Waals surface area contributed by atoms with Crippen molar-refractivity contribution in [1.29, 1.82) is 0 Å². The van der Waals surface area contributed by atoms with Crippen LogP contribution in [0.1, 0.15) is 29.0 Å². The Kier molecular flexibility index (Phi) is 4.35. The molecule has 0 saturated carbocycles. The molecule has 2 aromatic heterocycles. The van der Waals surface area contributed by atoms with Gasteiger partial charge in [-0.25, -0.2) is 4.68 Å². The zero-order valence-electron chi connectivity index (χ0n) is 14.8. The van der Waals surface area contributed by atoms with Crippen LogP contribution >= 0.6 is 23.6 Å². The van der Waals surface area contributed by atoms with Gasteiger partial charge in [0, 0.05) is 30.1 Å². The van der Waals surface area contributed by atoms with Crippen molar-refractivity contribution in [3.05, 3.63) is 56.5 Å². The summed E-state index contributed by atoms with van der Waals surface area (Å²) >= 11 is 7.52. The van der Waals surface area contributed by atoms with Gasteiger partial charge in [-0.3, -0.25) is 4.90 Å². The maximum absolute atomic E-state index is 5.65. The van der Waals surface area contributed by atoms with Crippen molar-refractivity contribution in [2.24, 2.45) is 7.05 Å². The Morgan fingerprint density at radius 1 is 1.24 bits per heavy atom. The Labute approximate surface area is 157 Å². The summed E-state index contributed by atoms with van der Waals surface area (Å²) in [6.45, 7) is 6.15. The van der Waals surface area contributed by atoms with Gasteiger partial charge in [-0.05, 0) is 49.5 Å². The van der Waals surface area contributed by atoms with Crippen LogP contribution in [0.5, 0.6) is 0 Å². The lowest BCUT2D eigenvalue weighted by Crippen LogP contribution is -2.35. The minimum atomic E-state index is 0.404. The highest BCUT2D eigenvalue weighted by molar-refractivity contribution is 7.71. The van der Waals surface area contributed by atoms with Gasteiger partial charge < -0.3 is 4.57 Å². The summed E-state index contributed by atoms with van der Waals surface area (Å²) in [7, 11) is 2.00. The van der Waals surface area contributed by atoms with Crippen LogP contribution in [0.3, 0.4) is 0 Å². The second-order valence-corrected chi connectivity index (χ2v) is 8.08. The van der Waals surface area contributed by atoms with Crippen molar-refractivity contribution in [2.45, 2.75) is 33.0 Å². The summed E-state index contributed by atoms with van der Waals surface area (Å²) < 4.78 is 4.72. The molecule has 3 aromatic rings. The molecule has 25 heavy (non-hydrogen) atoms. The van der Waals surface area contributed by atoms with E-state index in [4.69, 9.17) is 17.3 Å². The van der Waals surface area contributed by atoms with Gasteiger partial charge in [-0.15, -0.1) is 11.3 Å². The quantitative estimate of drug-likeness (QED) is 0.632. The minimum absolute atomic E-state index is 0.404. The molecule has 0 aliphatic carbocycles. The number of fused-ring (bicyclic) bond motifs is 1. The number of nitrogens with zero attached hydrogens (tertiary/aromatic N) is 4. The minimum Gasteiger partial charge on any atom is -0.303 e. The second kappa shape index (κ2) is 6.52. The number of benzene rings is 1. The molecule has 0 radical (unpaired) electrons.